The SMILES string of the molecule is Cn1cc(Cl)cc1C(=O)Nc1ccc(O)cc1Cl. The van der Waals surface area contributed by atoms with Crippen molar-refractivity contribution >= 4 is 34.8 Å². The van der Waals surface area contributed by atoms with E-state index in [2.05, 4.69) is 5.32 Å². The lowest BCUT2D eigenvalue weighted by molar-refractivity contribution is 0.101. The molecule has 0 bridgehead atoms. The molecule has 0 saturated carbocycles. The summed E-state index contributed by atoms with van der Waals surface area (Å²) in [5, 5.41) is 12.6. The van der Waals surface area contributed by atoms with E-state index < -0.39 is 0 Å². The second-order valence-electron chi connectivity index (χ2n) is 3.77. The first-order valence-electron chi connectivity index (χ1n) is 5.09. The van der Waals surface area contributed by atoms with E-state index in [-0.39, 0.29) is 16.7 Å². The van der Waals surface area contributed by atoms with Crippen LogP contribution in [0.25, 0.3) is 0 Å². The number of anilines is 1. The number of hydrogen-bond acceptors (Lipinski definition) is 2. The van der Waals surface area contributed by atoms with Crippen molar-refractivity contribution in [1.29, 1.82) is 0 Å². The summed E-state index contributed by atoms with van der Waals surface area (Å²) in [5.74, 6) is -0.281. The largest absolute Gasteiger partial charge is 0.508 e. The van der Waals surface area contributed by atoms with Crippen LogP contribution < -0.4 is 5.32 Å². The summed E-state index contributed by atoms with van der Waals surface area (Å²) in [5.41, 5.74) is 0.848. The number of benzene rings is 1. The Morgan fingerprint density at radius 3 is 2.61 bits per heavy atom. The monoisotopic (exact) mass is 284 g/mol. The molecule has 0 aliphatic rings. The van der Waals surface area contributed by atoms with Gasteiger partial charge in [0.05, 0.1) is 15.7 Å². The predicted octanol–water partition coefficient (Wildman–Crippen LogP) is 3.29. The molecule has 0 radical (unpaired) electrons. The average Bonchev–Trinajstić information content (AvgIpc) is 2.62. The van der Waals surface area contributed by atoms with Crippen LogP contribution in [0.5, 0.6) is 5.75 Å². The highest BCUT2D eigenvalue weighted by molar-refractivity contribution is 6.34. The zero-order valence-electron chi connectivity index (χ0n) is 9.45. The third-order valence-electron chi connectivity index (χ3n) is 2.41. The number of aromatic nitrogens is 1. The van der Waals surface area contributed by atoms with Crippen molar-refractivity contribution in [1.82, 2.24) is 4.57 Å². The minimum atomic E-state index is -0.322. The molecule has 0 atom stereocenters. The van der Waals surface area contributed by atoms with Gasteiger partial charge >= 0.3 is 0 Å². The van der Waals surface area contributed by atoms with Crippen LogP contribution in [-0.4, -0.2) is 15.6 Å². The van der Waals surface area contributed by atoms with Crippen LogP contribution in [-0.2, 0) is 7.05 Å². The Labute approximate surface area is 114 Å². The topological polar surface area (TPSA) is 54.3 Å². The molecule has 0 aliphatic heterocycles. The fourth-order valence-corrected chi connectivity index (χ4v) is 2.01. The van der Waals surface area contributed by atoms with Crippen LogP contribution in [0.2, 0.25) is 10.0 Å². The molecule has 0 fully saturated rings. The highest BCUT2D eigenvalue weighted by Gasteiger charge is 2.13. The van der Waals surface area contributed by atoms with Gasteiger partial charge in [0, 0.05) is 19.3 Å². The minimum Gasteiger partial charge on any atom is -0.508 e. The van der Waals surface area contributed by atoms with E-state index in [0.29, 0.717) is 16.4 Å². The molecule has 1 aromatic heterocycles. The fourth-order valence-electron chi connectivity index (χ4n) is 1.54. The van der Waals surface area contributed by atoms with E-state index in [1.165, 1.54) is 18.2 Å². The average molecular weight is 285 g/mol. The number of nitrogens with zero attached hydrogens (tertiary/aromatic N) is 1. The second kappa shape index (κ2) is 4.92. The van der Waals surface area contributed by atoms with Gasteiger partial charge in [-0.05, 0) is 18.2 Å². The molecule has 18 heavy (non-hydrogen) atoms. The molecule has 1 heterocycles. The van der Waals surface area contributed by atoms with Crippen molar-refractivity contribution < 1.29 is 9.90 Å². The molecule has 1 amide bonds. The van der Waals surface area contributed by atoms with E-state index in [1.54, 1.807) is 23.9 Å². The summed E-state index contributed by atoms with van der Waals surface area (Å²) in [4.78, 5) is 12.0. The maximum absolute atomic E-state index is 12.0. The smallest absolute Gasteiger partial charge is 0.272 e. The summed E-state index contributed by atoms with van der Waals surface area (Å²) in [6, 6.07) is 5.89. The standard InChI is InChI=1S/C12H10Cl2N2O2/c1-16-6-7(13)4-11(16)12(18)15-10-3-2-8(17)5-9(10)14/h2-6,17H,1H3,(H,15,18). The molecule has 2 rings (SSSR count). The second-order valence-corrected chi connectivity index (χ2v) is 4.62. The maximum Gasteiger partial charge on any atom is 0.272 e. The summed E-state index contributed by atoms with van der Waals surface area (Å²) >= 11 is 11.7. The molecule has 6 heteroatoms. The molecule has 0 spiro atoms. The first-order valence-corrected chi connectivity index (χ1v) is 5.84. The Bertz CT molecular complexity index is 608. The van der Waals surface area contributed by atoms with Crippen molar-refractivity contribution in [3.8, 4) is 5.75 Å². The lowest BCUT2D eigenvalue weighted by Gasteiger charge is -2.08. The van der Waals surface area contributed by atoms with Gasteiger partial charge in [-0.3, -0.25) is 4.79 Å². The molecule has 2 aromatic rings. The van der Waals surface area contributed by atoms with Crippen molar-refractivity contribution in [2.75, 3.05) is 5.32 Å². The summed E-state index contributed by atoms with van der Waals surface area (Å²) in [6.07, 6.45) is 1.63. The quantitative estimate of drug-likeness (QED) is 0.832. The number of nitrogens with one attached hydrogen (secondary N) is 1. The molecule has 0 aliphatic carbocycles. The van der Waals surface area contributed by atoms with Crippen molar-refractivity contribution in [2.24, 2.45) is 7.05 Å². The van der Waals surface area contributed by atoms with E-state index in [4.69, 9.17) is 23.2 Å². The van der Waals surface area contributed by atoms with E-state index in [1.807, 2.05) is 0 Å². The Balaban J connectivity index is 2.24. The number of aryl methyl sites for hydroxylation is 1. The van der Waals surface area contributed by atoms with Gasteiger partial charge in [0.15, 0.2) is 0 Å². The van der Waals surface area contributed by atoms with E-state index >= 15 is 0 Å². The number of aromatic hydroxyl groups is 1. The number of amides is 1. The van der Waals surface area contributed by atoms with Gasteiger partial charge in [-0.1, -0.05) is 23.2 Å². The van der Waals surface area contributed by atoms with Crippen LogP contribution >= 0.6 is 23.2 Å². The van der Waals surface area contributed by atoms with E-state index in [0.717, 1.165) is 0 Å². The Morgan fingerprint density at radius 2 is 2.06 bits per heavy atom. The normalized spacial score (nSPS) is 10.4. The predicted molar refractivity (Wildman–Crippen MR) is 71.5 cm³/mol. The molecule has 4 nitrogen and oxygen atoms in total. The number of hydrogen-bond donors (Lipinski definition) is 2. The zero-order chi connectivity index (χ0) is 13.3. The number of halogens is 2. The Hall–Kier alpha value is -1.65. The third kappa shape index (κ3) is 2.60. The fraction of sp³-hybridized carbons (Fsp3) is 0.0833. The Morgan fingerprint density at radius 1 is 1.33 bits per heavy atom. The molecule has 0 unspecified atom stereocenters. The Kier molecular flexibility index (Phi) is 3.50. The molecule has 2 N–H and O–H groups in total. The number of carbonyl (C=O) groups excluding carboxylic acids is 1. The van der Waals surface area contributed by atoms with Crippen LogP contribution in [0.3, 0.4) is 0 Å². The summed E-state index contributed by atoms with van der Waals surface area (Å²) < 4.78 is 1.62. The van der Waals surface area contributed by atoms with E-state index in [9.17, 15) is 9.90 Å². The number of phenolic OH excluding ortho intramolecular Hbond substituents is 1. The van der Waals surface area contributed by atoms with Crippen LogP contribution in [0.15, 0.2) is 30.5 Å². The molecule has 1 aromatic carbocycles. The molecular weight excluding hydrogens is 275 g/mol. The highest BCUT2D eigenvalue weighted by Crippen LogP contribution is 2.26. The highest BCUT2D eigenvalue weighted by atomic mass is 35.5. The van der Waals surface area contributed by atoms with Gasteiger partial charge in [0.1, 0.15) is 11.4 Å². The van der Waals surface area contributed by atoms with Gasteiger partial charge in [0.2, 0.25) is 0 Å². The van der Waals surface area contributed by atoms with Crippen LogP contribution in [0.4, 0.5) is 5.69 Å². The van der Waals surface area contributed by atoms with Crippen molar-refractivity contribution in [3.05, 3.63) is 46.2 Å². The van der Waals surface area contributed by atoms with Gasteiger partial charge in [-0.2, -0.15) is 0 Å². The first kappa shape index (κ1) is 12.8. The minimum absolute atomic E-state index is 0.0416. The van der Waals surface area contributed by atoms with Crippen LogP contribution in [0, 0.1) is 0 Å². The van der Waals surface area contributed by atoms with Gasteiger partial charge in [0.25, 0.3) is 5.91 Å². The summed E-state index contributed by atoms with van der Waals surface area (Å²) in [6.45, 7) is 0. The zero-order valence-corrected chi connectivity index (χ0v) is 11.0. The third-order valence-corrected chi connectivity index (χ3v) is 2.92. The summed E-state index contributed by atoms with van der Waals surface area (Å²) in [7, 11) is 1.72. The lowest BCUT2D eigenvalue weighted by atomic mass is 10.3. The van der Waals surface area contributed by atoms with Gasteiger partial charge < -0.3 is 15.0 Å². The number of carbonyl (C=O) groups is 1. The van der Waals surface area contributed by atoms with Crippen molar-refractivity contribution in [3.63, 3.8) is 0 Å². The number of phenols is 1. The molecule has 94 valence electrons. The van der Waals surface area contributed by atoms with Gasteiger partial charge in [-0.15, -0.1) is 0 Å². The van der Waals surface area contributed by atoms with Crippen LogP contribution in [0.1, 0.15) is 10.5 Å². The maximum atomic E-state index is 12.0. The van der Waals surface area contributed by atoms with Crippen molar-refractivity contribution in [2.45, 2.75) is 0 Å². The molecule has 0 saturated heterocycles. The number of rotatable bonds is 2. The van der Waals surface area contributed by atoms with Gasteiger partial charge in [-0.25, -0.2) is 0 Å². The lowest BCUT2D eigenvalue weighted by Crippen LogP contribution is -2.15. The first-order chi connectivity index (χ1) is 8.47. The molecular formula is C12H10Cl2N2O2.